The zero-order valence-electron chi connectivity index (χ0n) is 17.6. The minimum Gasteiger partial charge on any atom is -0.396 e. The van der Waals surface area contributed by atoms with Crippen LogP contribution < -0.4 is 10.6 Å². The molecule has 3 saturated heterocycles. The summed E-state index contributed by atoms with van der Waals surface area (Å²) in [7, 11) is 1.58. The third-order valence-corrected chi connectivity index (χ3v) is 6.73. The van der Waals surface area contributed by atoms with Gasteiger partial charge in [-0.3, -0.25) is 14.4 Å². The van der Waals surface area contributed by atoms with Crippen molar-refractivity contribution < 1.29 is 24.2 Å². The van der Waals surface area contributed by atoms with E-state index >= 15 is 0 Å². The number of aliphatic hydroxyl groups is 1. The first-order valence-corrected chi connectivity index (χ1v) is 11.1. The molecule has 3 aliphatic rings. The SMILES string of the molecule is CCCCNC(=O)C1N(CCCCCCO)C(=O)[C@@H]2[C@@H](C(=O)NC)[C@H]3CCC12O3. The minimum absolute atomic E-state index is 0.126. The summed E-state index contributed by atoms with van der Waals surface area (Å²) in [6.07, 6.45) is 6.18. The van der Waals surface area contributed by atoms with Crippen LogP contribution in [0.3, 0.4) is 0 Å². The summed E-state index contributed by atoms with van der Waals surface area (Å²) in [5.74, 6) is -1.57. The topological polar surface area (TPSA) is 108 Å². The van der Waals surface area contributed by atoms with Crippen LogP contribution in [0, 0.1) is 11.8 Å². The Morgan fingerprint density at radius 2 is 1.97 bits per heavy atom. The van der Waals surface area contributed by atoms with Crippen LogP contribution in [-0.2, 0) is 19.1 Å². The highest BCUT2D eigenvalue weighted by Crippen LogP contribution is 2.58. The Hall–Kier alpha value is -1.67. The molecule has 0 radical (unpaired) electrons. The number of aliphatic hydroxyl groups excluding tert-OH is 1. The number of hydrogen-bond donors (Lipinski definition) is 3. The third-order valence-electron chi connectivity index (χ3n) is 6.73. The summed E-state index contributed by atoms with van der Waals surface area (Å²) in [5.41, 5.74) is -0.889. The lowest BCUT2D eigenvalue weighted by atomic mass is 9.70. The minimum atomic E-state index is -0.889. The standard InChI is InChI=1S/C21H35N3O5/c1-3-4-11-23-19(27)17-21-10-9-14(29-21)15(18(26)22-2)16(21)20(28)24(17)12-7-5-6-8-13-25/h14-17,25H,3-13H2,1-2H3,(H,22,26)(H,23,27)/t14-,15+,16+,17?,21?/m1/s1. The van der Waals surface area contributed by atoms with Crippen molar-refractivity contribution in [2.45, 2.75) is 76.0 Å². The molecule has 29 heavy (non-hydrogen) atoms. The van der Waals surface area contributed by atoms with Gasteiger partial charge in [0, 0.05) is 26.7 Å². The molecule has 0 aromatic heterocycles. The van der Waals surface area contributed by atoms with Crippen molar-refractivity contribution in [1.82, 2.24) is 15.5 Å². The van der Waals surface area contributed by atoms with Crippen molar-refractivity contribution in [2.24, 2.45) is 11.8 Å². The Balaban J connectivity index is 1.81. The molecule has 3 amide bonds. The summed E-state index contributed by atoms with van der Waals surface area (Å²) in [4.78, 5) is 40.8. The molecular formula is C21H35N3O5. The summed E-state index contributed by atoms with van der Waals surface area (Å²) in [5, 5.41) is 14.6. The van der Waals surface area contributed by atoms with Crippen LogP contribution in [0.4, 0.5) is 0 Å². The predicted octanol–water partition coefficient (Wildman–Crippen LogP) is 0.576. The smallest absolute Gasteiger partial charge is 0.245 e. The monoisotopic (exact) mass is 409 g/mol. The normalized spacial score (nSPS) is 32.5. The summed E-state index contributed by atoms with van der Waals surface area (Å²) < 4.78 is 6.29. The van der Waals surface area contributed by atoms with Gasteiger partial charge >= 0.3 is 0 Å². The highest BCUT2D eigenvalue weighted by atomic mass is 16.5. The van der Waals surface area contributed by atoms with Crippen molar-refractivity contribution in [3.63, 3.8) is 0 Å². The van der Waals surface area contributed by atoms with Gasteiger partial charge in [-0.1, -0.05) is 26.2 Å². The van der Waals surface area contributed by atoms with Crippen LogP contribution in [-0.4, -0.2) is 72.2 Å². The number of ether oxygens (including phenoxy) is 1. The molecule has 8 heteroatoms. The molecule has 2 bridgehead atoms. The van der Waals surface area contributed by atoms with Gasteiger partial charge in [0.2, 0.25) is 17.7 Å². The average molecular weight is 410 g/mol. The lowest BCUT2D eigenvalue weighted by Gasteiger charge is -2.33. The number of amides is 3. The van der Waals surface area contributed by atoms with E-state index < -0.39 is 23.5 Å². The molecule has 5 atom stereocenters. The van der Waals surface area contributed by atoms with Crippen LogP contribution in [0.2, 0.25) is 0 Å². The second-order valence-electron chi connectivity index (χ2n) is 8.48. The third kappa shape index (κ3) is 3.89. The largest absolute Gasteiger partial charge is 0.396 e. The van der Waals surface area contributed by atoms with E-state index in [-0.39, 0.29) is 30.4 Å². The maximum Gasteiger partial charge on any atom is 0.245 e. The van der Waals surface area contributed by atoms with E-state index in [1.165, 1.54) is 0 Å². The highest BCUT2D eigenvalue weighted by molar-refractivity contribution is 5.98. The second kappa shape index (κ2) is 9.43. The van der Waals surface area contributed by atoms with Crippen molar-refractivity contribution >= 4 is 17.7 Å². The first-order chi connectivity index (χ1) is 14.0. The molecule has 0 saturated carbocycles. The Bertz CT molecular complexity index is 627. The molecule has 1 spiro atoms. The van der Waals surface area contributed by atoms with Gasteiger partial charge in [0.15, 0.2) is 0 Å². The van der Waals surface area contributed by atoms with Crippen LogP contribution in [0.5, 0.6) is 0 Å². The molecule has 3 N–H and O–H groups in total. The van der Waals surface area contributed by atoms with Crippen LogP contribution in [0.1, 0.15) is 58.3 Å². The Morgan fingerprint density at radius 3 is 2.66 bits per heavy atom. The van der Waals surface area contributed by atoms with E-state index in [4.69, 9.17) is 9.84 Å². The van der Waals surface area contributed by atoms with Gasteiger partial charge in [0.1, 0.15) is 11.6 Å². The Kier molecular flexibility index (Phi) is 7.16. The molecule has 3 aliphatic heterocycles. The van der Waals surface area contributed by atoms with E-state index in [0.29, 0.717) is 25.9 Å². The summed E-state index contributed by atoms with van der Waals surface area (Å²) in [6.45, 7) is 3.28. The predicted molar refractivity (Wildman–Crippen MR) is 107 cm³/mol. The second-order valence-corrected chi connectivity index (χ2v) is 8.48. The van der Waals surface area contributed by atoms with Gasteiger partial charge in [-0.15, -0.1) is 0 Å². The van der Waals surface area contributed by atoms with Gasteiger partial charge in [-0.25, -0.2) is 0 Å². The lowest BCUT2D eigenvalue weighted by Crippen LogP contribution is -2.55. The molecule has 3 fully saturated rings. The highest BCUT2D eigenvalue weighted by Gasteiger charge is 2.74. The molecule has 0 aliphatic carbocycles. The number of likely N-dealkylation sites (tertiary alicyclic amines) is 1. The molecule has 8 nitrogen and oxygen atoms in total. The lowest BCUT2D eigenvalue weighted by molar-refractivity contribution is -0.142. The van der Waals surface area contributed by atoms with Crippen molar-refractivity contribution in [3.05, 3.63) is 0 Å². The maximum atomic E-state index is 13.4. The van der Waals surface area contributed by atoms with Crippen molar-refractivity contribution in [1.29, 1.82) is 0 Å². The van der Waals surface area contributed by atoms with Gasteiger partial charge in [-0.05, 0) is 32.1 Å². The van der Waals surface area contributed by atoms with E-state index in [0.717, 1.165) is 38.5 Å². The fraction of sp³-hybridized carbons (Fsp3) is 0.857. The zero-order chi connectivity index (χ0) is 21.0. The molecule has 0 aromatic carbocycles. The van der Waals surface area contributed by atoms with Gasteiger partial charge in [-0.2, -0.15) is 0 Å². The fourth-order valence-corrected chi connectivity index (χ4v) is 5.39. The molecule has 3 heterocycles. The van der Waals surface area contributed by atoms with E-state index in [1.807, 2.05) is 0 Å². The quantitative estimate of drug-likeness (QED) is 0.433. The molecular weight excluding hydrogens is 374 g/mol. The number of rotatable bonds is 11. The summed E-state index contributed by atoms with van der Waals surface area (Å²) in [6, 6.07) is -0.672. The van der Waals surface area contributed by atoms with Crippen molar-refractivity contribution in [3.8, 4) is 0 Å². The Labute approximate surface area is 172 Å². The van der Waals surface area contributed by atoms with Crippen LogP contribution in [0.25, 0.3) is 0 Å². The van der Waals surface area contributed by atoms with E-state index in [2.05, 4.69) is 17.6 Å². The van der Waals surface area contributed by atoms with Gasteiger partial charge in [0.25, 0.3) is 0 Å². The number of carbonyl (C=O) groups excluding carboxylic acids is 3. The van der Waals surface area contributed by atoms with Crippen LogP contribution in [0.15, 0.2) is 0 Å². The molecule has 2 unspecified atom stereocenters. The first kappa shape index (κ1) is 22.0. The first-order valence-electron chi connectivity index (χ1n) is 11.1. The molecule has 0 aromatic rings. The number of nitrogens with one attached hydrogen (secondary N) is 2. The van der Waals surface area contributed by atoms with Gasteiger partial charge in [0.05, 0.1) is 17.9 Å². The average Bonchev–Trinajstić information content (AvgIpc) is 3.35. The number of carbonyl (C=O) groups is 3. The fourth-order valence-electron chi connectivity index (χ4n) is 5.39. The molecule has 164 valence electrons. The number of unbranched alkanes of at least 4 members (excludes halogenated alkanes) is 4. The number of fused-ring (bicyclic) bond motifs is 1. The maximum absolute atomic E-state index is 13.4. The van der Waals surface area contributed by atoms with E-state index in [9.17, 15) is 14.4 Å². The van der Waals surface area contributed by atoms with Crippen LogP contribution >= 0.6 is 0 Å². The Morgan fingerprint density at radius 1 is 1.21 bits per heavy atom. The van der Waals surface area contributed by atoms with E-state index in [1.54, 1.807) is 11.9 Å². The number of nitrogens with zero attached hydrogens (tertiary/aromatic N) is 1. The number of hydrogen-bond acceptors (Lipinski definition) is 5. The zero-order valence-corrected chi connectivity index (χ0v) is 17.6. The molecule has 3 rings (SSSR count). The van der Waals surface area contributed by atoms with Crippen molar-refractivity contribution in [2.75, 3.05) is 26.7 Å². The summed E-state index contributed by atoms with van der Waals surface area (Å²) >= 11 is 0. The van der Waals surface area contributed by atoms with Gasteiger partial charge < -0.3 is 25.4 Å².